The highest BCUT2D eigenvalue weighted by molar-refractivity contribution is 6.07. The Hall–Kier alpha value is -3.34. The molecule has 0 bridgehead atoms. The SMILES string of the molecule is COc1cccc(C(=O)NCCNC(=O)c2cccc3ccccc23)c1. The first-order valence-electron chi connectivity index (χ1n) is 8.37. The predicted octanol–water partition coefficient (Wildman–Crippen LogP) is 3.01. The molecule has 0 fully saturated rings. The number of hydrogen-bond acceptors (Lipinski definition) is 3. The average Bonchev–Trinajstić information content (AvgIpc) is 2.70. The lowest BCUT2D eigenvalue weighted by molar-refractivity contribution is 0.0928. The second-order valence-electron chi connectivity index (χ2n) is 5.77. The van der Waals surface area contributed by atoms with E-state index in [1.807, 2.05) is 36.4 Å². The first kappa shape index (κ1) is 17.5. The van der Waals surface area contributed by atoms with Crippen LogP contribution in [0, 0.1) is 0 Å². The number of rotatable bonds is 6. The van der Waals surface area contributed by atoms with Gasteiger partial charge in [0.1, 0.15) is 5.75 Å². The molecule has 0 spiro atoms. The molecule has 0 aliphatic heterocycles. The van der Waals surface area contributed by atoms with E-state index in [4.69, 9.17) is 4.74 Å². The van der Waals surface area contributed by atoms with E-state index < -0.39 is 0 Å². The van der Waals surface area contributed by atoms with Crippen molar-refractivity contribution in [1.82, 2.24) is 10.6 Å². The minimum atomic E-state index is -0.205. The largest absolute Gasteiger partial charge is 0.497 e. The van der Waals surface area contributed by atoms with E-state index in [-0.39, 0.29) is 11.8 Å². The van der Waals surface area contributed by atoms with E-state index in [0.717, 1.165) is 10.8 Å². The van der Waals surface area contributed by atoms with Crippen molar-refractivity contribution in [1.29, 1.82) is 0 Å². The summed E-state index contributed by atoms with van der Waals surface area (Å²) < 4.78 is 5.11. The Kier molecular flexibility index (Phi) is 5.49. The van der Waals surface area contributed by atoms with Gasteiger partial charge < -0.3 is 15.4 Å². The molecule has 3 rings (SSSR count). The summed E-state index contributed by atoms with van der Waals surface area (Å²) in [6, 6.07) is 20.3. The predicted molar refractivity (Wildman–Crippen MR) is 102 cm³/mol. The molecule has 0 heterocycles. The average molecular weight is 348 g/mol. The summed E-state index contributed by atoms with van der Waals surface area (Å²) >= 11 is 0. The van der Waals surface area contributed by atoms with Gasteiger partial charge in [-0.25, -0.2) is 0 Å². The summed E-state index contributed by atoms with van der Waals surface area (Å²) in [6.45, 7) is 0.685. The monoisotopic (exact) mass is 348 g/mol. The maximum Gasteiger partial charge on any atom is 0.251 e. The van der Waals surface area contributed by atoms with E-state index in [1.54, 1.807) is 37.4 Å². The molecule has 0 radical (unpaired) electrons. The summed E-state index contributed by atoms with van der Waals surface area (Å²) in [5.74, 6) is 0.266. The maximum atomic E-state index is 12.4. The van der Waals surface area contributed by atoms with Gasteiger partial charge in [0, 0.05) is 24.2 Å². The molecule has 2 N–H and O–H groups in total. The van der Waals surface area contributed by atoms with E-state index in [2.05, 4.69) is 10.6 Å². The number of benzene rings is 3. The fourth-order valence-corrected chi connectivity index (χ4v) is 2.74. The molecule has 26 heavy (non-hydrogen) atoms. The van der Waals surface area contributed by atoms with Crippen molar-refractivity contribution in [3.63, 3.8) is 0 Å². The van der Waals surface area contributed by atoms with E-state index in [0.29, 0.717) is 30.0 Å². The van der Waals surface area contributed by atoms with Crippen LogP contribution in [0.3, 0.4) is 0 Å². The minimum absolute atomic E-state index is 0.155. The zero-order chi connectivity index (χ0) is 18.4. The van der Waals surface area contributed by atoms with Crippen LogP contribution in [-0.4, -0.2) is 32.0 Å². The van der Waals surface area contributed by atoms with Crippen molar-refractivity contribution >= 4 is 22.6 Å². The first-order chi connectivity index (χ1) is 12.7. The van der Waals surface area contributed by atoms with Crippen molar-refractivity contribution in [3.8, 4) is 5.75 Å². The van der Waals surface area contributed by atoms with Crippen molar-refractivity contribution < 1.29 is 14.3 Å². The molecule has 0 saturated carbocycles. The molecule has 132 valence electrons. The first-order valence-corrected chi connectivity index (χ1v) is 8.37. The zero-order valence-corrected chi connectivity index (χ0v) is 14.5. The normalized spacial score (nSPS) is 10.3. The molecular formula is C21H20N2O3. The molecule has 0 aliphatic carbocycles. The Bertz CT molecular complexity index is 932. The lowest BCUT2D eigenvalue weighted by atomic mass is 10.0. The topological polar surface area (TPSA) is 67.4 Å². The highest BCUT2D eigenvalue weighted by Gasteiger charge is 2.10. The van der Waals surface area contributed by atoms with E-state index >= 15 is 0 Å². The van der Waals surface area contributed by atoms with Gasteiger partial charge in [-0.3, -0.25) is 9.59 Å². The van der Waals surface area contributed by atoms with Crippen molar-refractivity contribution in [2.75, 3.05) is 20.2 Å². The van der Waals surface area contributed by atoms with Gasteiger partial charge in [-0.1, -0.05) is 42.5 Å². The van der Waals surface area contributed by atoms with Gasteiger partial charge in [0.25, 0.3) is 11.8 Å². The number of hydrogen-bond donors (Lipinski definition) is 2. The molecule has 5 nitrogen and oxygen atoms in total. The number of fused-ring (bicyclic) bond motifs is 1. The van der Waals surface area contributed by atoms with Crippen LogP contribution in [0.4, 0.5) is 0 Å². The Labute approximate surface area is 152 Å². The molecule has 3 aromatic rings. The third-order valence-corrected chi connectivity index (χ3v) is 4.06. The van der Waals surface area contributed by atoms with Gasteiger partial charge >= 0.3 is 0 Å². The summed E-state index contributed by atoms with van der Waals surface area (Å²) in [6.07, 6.45) is 0. The minimum Gasteiger partial charge on any atom is -0.497 e. The van der Waals surface area contributed by atoms with E-state index in [1.165, 1.54) is 0 Å². The molecule has 2 amide bonds. The lowest BCUT2D eigenvalue weighted by Crippen LogP contribution is -2.34. The Morgan fingerprint density at radius 3 is 2.35 bits per heavy atom. The van der Waals surface area contributed by atoms with Crippen molar-refractivity contribution in [2.24, 2.45) is 0 Å². The van der Waals surface area contributed by atoms with Crippen molar-refractivity contribution in [2.45, 2.75) is 0 Å². The lowest BCUT2D eigenvalue weighted by Gasteiger charge is -2.09. The number of methoxy groups -OCH3 is 1. The van der Waals surface area contributed by atoms with E-state index in [9.17, 15) is 9.59 Å². The standard InChI is InChI=1S/C21H20N2O3/c1-26-17-9-4-8-16(14-17)20(24)22-12-13-23-21(25)19-11-5-7-15-6-2-3-10-18(15)19/h2-11,14H,12-13H2,1H3,(H,22,24)(H,23,25). The molecule has 0 atom stereocenters. The maximum absolute atomic E-state index is 12.4. The van der Waals surface area contributed by atoms with Crippen LogP contribution in [0.15, 0.2) is 66.7 Å². The van der Waals surface area contributed by atoms with Gasteiger partial charge in [-0.15, -0.1) is 0 Å². The van der Waals surface area contributed by atoms with Crippen LogP contribution in [-0.2, 0) is 0 Å². The number of ether oxygens (including phenoxy) is 1. The van der Waals surface area contributed by atoms with Crippen molar-refractivity contribution in [3.05, 3.63) is 77.9 Å². The van der Waals surface area contributed by atoms with Crippen LogP contribution in [0.1, 0.15) is 20.7 Å². The number of amides is 2. The smallest absolute Gasteiger partial charge is 0.251 e. The Morgan fingerprint density at radius 2 is 1.54 bits per heavy atom. The van der Waals surface area contributed by atoms with Gasteiger partial charge in [0.2, 0.25) is 0 Å². The number of nitrogens with one attached hydrogen (secondary N) is 2. The molecule has 0 saturated heterocycles. The van der Waals surface area contributed by atoms with Crippen LogP contribution in [0.2, 0.25) is 0 Å². The molecule has 0 aromatic heterocycles. The Morgan fingerprint density at radius 1 is 0.846 bits per heavy atom. The van der Waals surface area contributed by atoms with Gasteiger partial charge in [0.05, 0.1) is 7.11 Å². The summed E-state index contributed by atoms with van der Waals surface area (Å²) in [7, 11) is 1.56. The summed E-state index contributed by atoms with van der Waals surface area (Å²) in [5.41, 5.74) is 1.15. The fraction of sp³-hybridized carbons (Fsp3) is 0.143. The third-order valence-electron chi connectivity index (χ3n) is 4.06. The summed E-state index contributed by atoms with van der Waals surface area (Å²) in [4.78, 5) is 24.5. The molecule has 3 aromatic carbocycles. The molecule has 0 unspecified atom stereocenters. The fourth-order valence-electron chi connectivity index (χ4n) is 2.74. The van der Waals surface area contributed by atoms with Crippen LogP contribution < -0.4 is 15.4 Å². The highest BCUT2D eigenvalue weighted by atomic mass is 16.5. The van der Waals surface area contributed by atoms with Gasteiger partial charge in [-0.2, -0.15) is 0 Å². The Balaban J connectivity index is 1.54. The van der Waals surface area contributed by atoms with Crippen LogP contribution in [0.25, 0.3) is 10.8 Å². The molecule has 0 aliphatic rings. The quantitative estimate of drug-likeness (QED) is 0.673. The summed E-state index contributed by atoms with van der Waals surface area (Å²) in [5, 5.41) is 7.56. The number of carbonyl (C=O) groups is 2. The van der Waals surface area contributed by atoms with Crippen LogP contribution in [0.5, 0.6) is 5.75 Å². The molecule has 5 heteroatoms. The van der Waals surface area contributed by atoms with Crippen LogP contribution >= 0.6 is 0 Å². The second-order valence-corrected chi connectivity index (χ2v) is 5.77. The molecular weight excluding hydrogens is 328 g/mol. The second kappa shape index (κ2) is 8.16. The highest BCUT2D eigenvalue weighted by Crippen LogP contribution is 2.18. The van der Waals surface area contributed by atoms with Gasteiger partial charge in [-0.05, 0) is 35.0 Å². The number of carbonyl (C=O) groups excluding carboxylic acids is 2. The zero-order valence-electron chi connectivity index (χ0n) is 14.5. The third kappa shape index (κ3) is 4.00. The van der Waals surface area contributed by atoms with Gasteiger partial charge in [0.15, 0.2) is 0 Å².